The van der Waals surface area contributed by atoms with Gasteiger partial charge in [0.15, 0.2) is 5.03 Å². The third-order valence-corrected chi connectivity index (χ3v) is 2.48. The lowest BCUT2D eigenvalue weighted by Gasteiger charge is -2.03. The predicted molar refractivity (Wildman–Crippen MR) is 45.6 cm³/mol. The number of pyridine rings is 1. The van der Waals surface area contributed by atoms with Crippen molar-refractivity contribution >= 4 is 21.6 Å². The smallest absolute Gasteiger partial charge is 0.232 e. The Kier molecular flexibility index (Phi) is 3.03. The molecule has 0 unspecified atom stereocenters. The van der Waals surface area contributed by atoms with E-state index < -0.39 is 27.2 Å². The van der Waals surface area contributed by atoms with Gasteiger partial charge >= 0.3 is 0 Å². The zero-order chi connectivity index (χ0) is 10.9. The monoisotopic (exact) mass is 242 g/mol. The van der Waals surface area contributed by atoms with E-state index in [9.17, 15) is 17.2 Å². The number of halogens is 3. The van der Waals surface area contributed by atoms with Crippen molar-refractivity contribution in [3.05, 3.63) is 22.8 Å². The molecule has 1 aromatic heterocycles. The van der Waals surface area contributed by atoms with Gasteiger partial charge in [-0.05, 0) is 12.1 Å². The maximum atomic E-state index is 12.2. The van der Waals surface area contributed by atoms with Gasteiger partial charge in [-0.15, -0.1) is 0 Å². The SMILES string of the molecule is NS(=O)(=O)c1ccc(Cl)c(C(F)F)n1. The van der Waals surface area contributed by atoms with Crippen molar-refractivity contribution in [1.82, 2.24) is 4.98 Å². The molecule has 0 aromatic carbocycles. The molecule has 0 aliphatic heterocycles. The second kappa shape index (κ2) is 3.76. The Morgan fingerprint density at radius 2 is 2.00 bits per heavy atom. The molecule has 0 amide bonds. The first-order valence-corrected chi connectivity index (χ1v) is 5.22. The molecule has 78 valence electrons. The number of aromatic nitrogens is 1. The number of rotatable bonds is 2. The second-order valence-corrected chi connectivity index (χ2v) is 4.28. The molecule has 8 heteroatoms. The Morgan fingerprint density at radius 3 is 2.43 bits per heavy atom. The fourth-order valence-electron chi connectivity index (χ4n) is 0.751. The molecular weight excluding hydrogens is 238 g/mol. The number of nitrogens with zero attached hydrogens (tertiary/aromatic N) is 1. The van der Waals surface area contributed by atoms with E-state index in [1.165, 1.54) is 0 Å². The molecule has 1 heterocycles. The van der Waals surface area contributed by atoms with Crippen LogP contribution in [0.25, 0.3) is 0 Å². The van der Waals surface area contributed by atoms with E-state index in [-0.39, 0.29) is 5.02 Å². The Balaban J connectivity index is 3.34. The third kappa shape index (κ3) is 2.37. The molecule has 1 aromatic rings. The van der Waals surface area contributed by atoms with Crippen LogP contribution < -0.4 is 5.14 Å². The first-order valence-electron chi connectivity index (χ1n) is 3.30. The van der Waals surface area contributed by atoms with Gasteiger partial charge in [-0.25, -0.2) is 27.3 Å². The summed E-state index contributed by atoms with van der Waals surface area (Å²) in [6.45, 7) is 0. The molecule has 0 bridgehead atoms. The van der Waals surface area contributed by atoms with E-state index in [1.54, 1.807) is 0 Å². The highest BCUT2D eigenvalue weighted by molar-refractivity contribution is 7.89. The van der Waals surface area contributed by atoms with Crippen molar-refractivity contribution in [2.24, 2.45) is 5.14 Å². The average molecular weight is 243 g/mol. The molecule has 0 saturated carbocycles. The molecule has 0 aliphatic carbocycles. The number of sulfonamides is 1. The fraction of sp³-hybridized carbons (Fsp3) is 0.167. The van der Waals surface area contributed by atoms with Crippen LogP contribution in [0.5, 0.6) is 0 Å². The summed E-state index contributed by atoms with van der Waals surface area (Å²) in [6.07, 6.45) is -2.94. The van der Waals surface area contributed by atoms with Crippen LogP contribution in [-0.2, 0) is 10.0 Å². The Bertz CT molecular complexity index is 449. The van der Waals surface area contributed by atoms with E-state index in [1.807, 2.05) is 0 Å². The summed E-state index contributed by atoms with van der Waals surface area (Å²) in [6, 6.07) is 1.97. The number of hydrogen-bond donors (Lipinski definition) is 1. The third-order valence-electron chi connectivity index (χ3n) is 1.35. The minimum Gasteiger partial charge on any atom is -0.232 e. The van der Waals surface area contributed by atoms with Gasteiger partial charge in [-0.3, -0.25) is 0 Å². The molecule has 0 aliphatic rings. The van der Waals surface area contributed by atoms with Crippen molar-refractivity contribution in [1.29, 1.82) is 0 Å². The number of primary sulfonamides is 1. The van der Waals surface area contributed by atoms with E-state index in [0.717, 1.165) is 12.1 Å². The van der Waals surface area contributed by atoms with Crippen LogP contribution in [0.1, 0.15) is 12.1 Å². The molecule has 0 spiro atoms. The highest BCUT2D eigenvalue weighted by atomic mass is 35.5. The number of hydrogen-bond acceptors (Lipinski definition) is 3. The topological polar surface area (TPSA) is 73.1 Å². The molecule has 4 nitrogen and oxygen atoms in total. The molecule has 0 atom stereocenters. The van der Waals surface area contributed by atoms with Gasteiger partial charge < -0.3 is 0 Å². The summed E-state index contributed by atoms with van der Waals surface area (Å²) in [7, 11) is -4.08. The van der Waals surface area contributed by atoms with Gasteiger partial charge in [0.1, 0.15) is 5.69 Å². The predicted octanol–water partition coefficient (Wildman–Crippen LogP) is 1.32. The first-order chi connectivity index (χ1) is 6.32. The van der Waals surface area contributed by atoms with E-state index in [4.69, 9.17) is 16.7 Å². The van der Waals surface area contributed by atoms with Crippen molar-refractivity contribution in [2.45, 2.75) is 11.5 Å². The van der Waals surface area contributed by atoms with Crippen molar-refractivity contribution in [3.63, 3.8) is 0 Å². The number of alkyl halides is 2. The van der Waals surface area contributed by atoms with Crippen LogP contribution >= 0.6 is 11.6 Å². The van der Waals surface area contributed by atoms with Crippen molar-refractivity contribution in [3.8, 4) is 0 Å². The van der Waals surface area contributed by atoms with Gasteiger partial charge in [0.2, 0.25) is 0 Å². The van der Waals surface area contributed by atoms with Gasteiger partial charge in [-0.1, -0.05) is 11.6 Å². The highest BCUT2D eigenvalue weighted by Gasteiger charge is 2.18. The van der Waals surface area contributed by atoms with Crippen molar-refractivity contribution in [2.75, 3.05) is 0 Å². The maximum absolute atomic E-state index is 12.2. The summed E-state index contributed by atoms with van der Waals surface area (Å²) in [5, 5.41) is 3.77. The molecule has 1 rings (SSSR count). The van der Waals surface area contributed by atoms with Crippen LogP contribution in [0, 0.1) is 0 Å². The van der Waals surface area contributed by atoms with Gasteiger partial charge in [0, 0.05) is 0 Å². The van der Waals surface area contributed by atoms with Crippen LogP contribution in [0.4, 0.5) is 8.78 Å². The lowest BCUT2D eigenvalue weighted by atomic mass is 10.4. The molecule has 0 radical (unpaired) electrons. The zero-order valence-electron chi connectivity index (χ0n) is 6.62. The minimum absolute atomic E-state index is 0.299. The van der Waals surface area contributed by atoms with Crippen LogP contribution in [-0.4, -0.2) is 13.4 Å². The van der Waals surface area contributed by atoms with E-state index >= 15 is 0 Å². The molecule has 0 fully saturated rings. The van der Waals surface area contributed by atoms with E-state index in [0.29, 0.717) is 0 Å². The summed E-state index contributed by atoms with van der Waals surface area (Å²) in [5.74, 6) is 0. The Hall–Kier alpha value is -0.790. The Morgan fingerprint density at radius 1 is 1.43 bits per heavy atom. The molecule has 0 saturated heterocycles. The lowest BCUT2D eigenvalue weighted by Crippen LogP contribution is -2.14. The van der Waals surface area contributed by atoms with Crippen LogP contribution in [0.3, 0.4) is 0 Å². The quantitative estimate of drug-likeness (QED) is 0.850. The van der Waals surface area contributed by atoms with Crippen LogP contribution in [0.2, 0.25) is 5.02 Å². The first kappa shape index (κ1) is 11.3. The van der Waals surface area contributed by atoms with Crippen molar-refractivity contribution < 1.29 is 17.2 Å². The normalized spacial score (nSPS) is 12.1. The largest absolute Gasteiger partial charge is 0.281 e. The van der Waals surface area contributed by atoms with Gasteiger partial charge in [-0.2, -0.15) is 0 Å². The summed E-state index contributed by atoms with van der Waals surface area (Å²) in [4.78, 5) is 3.15. The van der Waals surface area contributed by atoms with Gasteiger partial charge in [0.05, 0.1) is 5.02 Å². The molecule has 2 N–H and O–H groups in total. The van der Waals surface area contributed by atoms with Gasteiger partial charge in [0.25, 0.3) is 16.4 Å². The average Bonchev–Trinajstić information content (AvgIpc) is 2.02. The van der Waals surface area contributed by atoms with Crippen LogP contribution in [0.15, 0.2) is 17.2 Å². The molecule has 14 heavy (non-hydrogen) atoms. The minimum atomic E-state index is -4.08. The maximum Gasteiger partial charge on any atom is 0.281 e. The molecular formula is C6H5ClF2N2O2S. The zero-order valence-corrected chi connectivity index (χ0v) is 8.19. The summed E-state index contributed by atoms with van der Waals surface area (Å²) >= 11 is 5.36. The van der Waals surface area contributed by atoms with E-state index in [2.05, 4.69) is 4.98 Å². The summed E-state index contributed by atoms with van der Waals surface area (Å²) in [5.41, 5.74) is -0.793. The second-order valence-electron chi connectivity index (χ2n) is 2.36. The lowest BCUT2D eigenvalue weighted by molar-refractivity contribution is 0.145. The summed E-state index contributed by atoms with van der Waals surface area (Å²) < 4.78 is 45.9. The highest BCUT2D eigenvalue weighted by Crippen LogP contribution is 2.25. The number of nitrogens with two attached hydrogens (primary N) is 1. The standard InChI is InChI=1S/C6H5ClF2N2O2S/c7-3-1-2-4(14(10,12)13)11-5(3)6(8)9/h1-2,6H,(H2,10,12,13). The fourth-order valence-corrected chi connectivity index (χ4v) is 1.42. The Labute approximate surface area is 83.8 Å².